The van der Waals surface area contributed by atoms with Gasteiger partial charge < -0.3 is 0 Å². The number of hydrogen-bond acceptors (Lipinski definition) is 2. The summed E-state index contributed by atoms with van der Waals surface area (Å²) >= 11 is 0.336. The first-order valence-corrected chi connectivity index (χ1v) is 7.91. The molecule has 1 N–H and O–H groups in total. The van der Waals surface area contributed by atoms with Crippen LogP contribution in [0.2, 0.25) is 0 Å². The van der Waals surface area contributed by atoms with Gasteiger partial charge in [0.2, 0.25) is 0 Å². The fourth-order valence-electron chi connectivity index (χ4n) is 0.951. The SMILES string of the molecule is CNC(=O)c1ccccc1[Se]SC. The molecule has 0 saturated carbocycles. The van der Waals surface area contributed by atoms with Gasteiger partial charge in [-0.2, -0.15) is 0 Å². The Bertz CT molecular complexity index is 303. The van der Waals surface area contributed by atoms with E-state index in [0.29, 0.717) is 13.8 Å². The number of nitrogens with one attached hydrogen (secondary N) is 1. The third kappa shape index (κ3) is 2.76. The topological polar surface area (TPSA) is 29.1 Å². The quantitative estimate of drug-likeness (QED) is 0.809. The zero-order chi connectivity index (χ0) is 9.68. The number of rotatable bonds is 3. The Kier molecular flexibility index (Phi) is 4.36. The van der Waals surface area contributed by atoms with Crippen LogP contribution in [0.3, 0.4) is 0 Å². The molecule has 70 valence electrons. The van der Waals surface area contributed by atoms with Crippen molar-refractivity contribution in [1.29, 1.82) is 0 Å². The molecule has 1 aromatic rings. The Morgan fingerprint density at radius 3 is 2.77 bits per heavy atom. The summed E-state index contributed by atoms with van der Waals surface area (Å²) < 4.78 is 1.15. The maximum atomic E-state index is 11.4. The second-order valence-corrected chi connectivity index (χ2v) is 6.90. The molecular weight excluding hydrogens is 249 g/mol. The molecule has 2 nitrogen and oxygen atoms in total. The van der Waals surface area contributed by atoms with E-state index in [1.165, 1.54) is 0 Å². The molecule has 0 spiro atoms. The van der Waals surface area contributed by atoms with Crippen LogP contribution in [0, 0.1) is 0 Å². The Morgan fingerprint density at radius 1 is 1.46 bits per heavy atom. The van der Waals surface area contributed by atoms with Crippen LogP contribution in [0.25, 0.3) is 0 Å². The van der Waals surface area contributed by atoms with Gasteiger partial charge in [-0.25, -0.2) is 0 Å². The number of carbonyl (C=O) groups excluding carboxylic acids is 1. The van der Waals surface area contributed by atoms with Crippen molar-refractivity contribution in [3.63, 3.8) is 0 Å². The molecule has 13 heavy (non-hydrogen) atoms. The molecule has 0 aliphatic rings. The molecule has 0 atom stereocenters. The monoisotopic (exact) mass is 261 g/mol. The normalized spacial score (nSPS) is 9.69. The third-order valence-corrected chi connectivity index (χ3v) is 4.80. The Labute approximate surface area is 87.7 Å². The van der Waals surface area contributed by atoms with E-state index in [0.717, 1.165) is 10.0 Å². The van der Waals surface area contributed by atoms with E-state index < -0.39 is 0 Å². The van der Waals surface area contributed by atoms with Gasteiger partial charge in [0, 0.05) is 0 Å². The van der Waals surface area contributed by atoms with Gasteiger partial charge in [-0.1, -0.05) is 0 Å². The van der Waals surface area contributed by atoms with Gasteiger partial charge in [0.05, 0.1) is 0 Å². The molecule has 0 fully saturated rings. The molecule has 0 unspecified atom stereocenters. The standard InChI is InChI=1S/C9H11NOSSe/c1-10-9(11)7-5-3-4-6-8(7)13-12-2/h3-6H,1-2H3,(H,10,11). The summed E-state index contributed by atoms with van der Waals surface area (Å²) in [5, 5.41) is 2.64. The number of hydrogen-bond donors (Lipinski definition) is 1. The third-order valence-electron chi connectivity index (χ3n) is 1.53. The molecule has 0 heterocycles. The molecule has 0 bridgehead atoms. The van der Waals surface area contributed by atoms with Crippen molar-refractivity contribution in [2.45, 2.75) is 0 Å². The van der Waals surface area contributed by atoms with Crippen molar-refractivity contribution in [1.82, 2.24) is 5.32 Å². The molecule has 0 aliphatic carbocycles. The summed E-state index contributed by atoms with van der Waals surface area (Å²) in [6.07, 6.45) is 2.06. The Balaban J connectivity index is 2.97. The van der Waals surface area contributed by atoms with Crippen LogP contribution in [-0.4, -0.2) is 33.0 Å². The van der Waals surface area contributed by atoms with Gasteiger partial charge in [-0.3, -0.25) is 0 Å². The van der Waals surface area contributed by atoms with E-state index in [4.69, 9.17) is 0 Å². The first-order chi connectivity index (χ1) is 6.29. The van der Waals surface area contributed by atoms with Crippen LogP contribution in [0.1, 0.15) is 10.4 Å². The summed E-state index contributed by atoms with van der Waals surface area (Å²) in [6.45, 7) is 0. The first-order valence-electron chi connectivity index (χ1n) is 3.81. The Hall–Kier alpha value is -0.441. The van der Waals surface area contributed by atoms with Crippen LogP contribution >= 0.6 is 10.2 Å². The molecule has 0 saturated heterocycles. The van der Waals surface area contributed by atoms with Gasteiger partial charge in [0.25, 0.3) is 0 Å². The van der Waals surface area contributed by atoms with Gasteiger partial charge in [0.15, 0.2) is 0 Å². The van der Waals surface area contributed by atoms with Gasteiger partial charge in [0.1, 0.15) is 0 Å². The van der Waals surface area contributed by atoms with Crippen LogP contribution in [-0.2, 0) is 0 Å². The molecule has 0 radical (unpaired) electrons. The van der Waals surface area contributed by atoms with E-state index in [1.807, 2.05) is 24.3 Å². The Morgan fingerprint density at radius 2 is 2.15 bits per heavy atom. The molecular formula is C9H11NOSSe. The summed E-state index contributed by atoms with van der Waals surface area (Å²) in [5.74, 6) is 0.00604. The number of benzene rings is 1. The van der Waals surface area contributed by atoms with Crippen molar-refractivity contribution in [2.75, 3.05) is 13.3 Å². The predicted molar refractivity (Wildman–Crippen MR) is 58.7 cm³/mol. The second kappa shape index (κ2) is 5.32. The first kappa shape index (κ1) is 10.6. The van der Waals surface area contributed by atoms with Crippen LogP contribution in [0.15, 0.2) is 24.3 Å². The number of carbonyl (C=O) groups is 1. The van der Waals surface area contributed by atoms with E-state index in [2.05, 4.69) is 11.6 Å². The predicted octanol–water partition coefficient (Wildman–Crippen LogP) is 0.654. The number of amides is 1. The van der Waals surface area contributed by atoms with Crippen molar-refractivity contribution < 1.29 is 4.79 Å². The second-order valence-electron chi connectivity index (χ2n) is 2.33. The van der Waals surface area contributed by atoms with Crippen LogP contribution in [0.5, 0.6) is 0 Å². The van der Waals surface area contributed by atoms with Crippen molar-refractivity contribution in [3.8, 4) is 0 Å². The molecule has 0 aromatic heterocycles. The van der Waals surface area contributed by atoms with E-state index in [-0.39, 0.29) is 5.91 Å². The summed E-state index contributed by atoms with van der Waals surface area (Å²) in [4.78, 5) is 11.4. The van der Waals surface area contributed by atoms with Gasteiger partial charge in [-0.15, -0.1) is 0 Å². The minimum atomic E-state index is 0.00604. The summed E-state index contributed by atoms with van der Waals surface area (Å²) in [7, 11) is 3.44. The van der Waals surface area contributed by atoms with Crippen molar-refractivity contribution in [2.24, 2.45) is 0 Å². The fraction of sp³-hybridized carbons (Fsp3) is 0.222. The van der Waals surface area contributed by atoms with E-state index in [9.17, 15) is 4.79 Å². The van der Waals surface area contributed by atoms with E-state index >= 15 is 0 Å². The van der Waals surface area contributed by atoms with Gasteiger partial charge in [-0.05, 0) is 0 Å². The summed E-state index contributed by atoms with van der Waals surface area (Å²) in [5.41, 5.74) is 0.805. The van der Waals surface area contributed by atoms with Gasteiger partial charge >= 0.3 is 87.6 Å². The van der Waals surface area contributed by atoms with Crippen molar-refractivity contribution >= 4 is 34.4 Å². The zero-order valence-corrected chi connectivity index (χ0v) is 10.1. The molecule has 1 amide bonds. The van der Waals surface area contributed by atoms with Crippen LogP contribution < -0.4 is 9.78 Å². The summed E-state index contributed by atoms with van der Waals surface area (Å²) in [6, 6.07) is 7.75. The molecule has 4 heteroatoms. The minimum absolute atomic E-state index is 0.00604. The maximum absolute atomic E-state index is 11.4. The van der Waals surface area contributed by atoms with Crippen molar-refractivity contribution in [3.05, 3.63) is 29.8 Å². The molecule has 0 aliphatic heterocycles. The average molecular weight is 260 g/mol. The zero-order valence-electron chi connectivity index (χ0n) is 7.53. The van der Waals surface area contributed by atoms with E-state index in [1.54, 1.807) is 17.2 Å². The average Bonchev–Trinajstić information content (AvgIpc) is 2.18. The molecule has 1 aromatic carbocycles. The molecule has 1 rings (SSSR count). The fourth-order valence-corrected chi connectivity index (χ4v) is 3.82. The van der Waals surface area contributed by atoms with Crippen LogP contribution in [0.4, 0.5) is 0 Å².